The summed E-state index contributed by atoms with van der Waals surface area (Å²) in [7, 11) is 0. The van der Waals surface area contributed by atoms with Crippen LogP contribution in [0.5, 0.6) is 5.88 Å². The first kappa shape index (κ1) is 11.0. The zero-order valence-electron chi connectivity index (χ0n) is 10.0. The Labute approximate surface area is 105 Å². The van der Waals surface area contributed by atoms with Crippen molar-refractivity contribution in [1.29, 1.82) is 5.41 Å². The zero-order chi connectivity index (χ0) is 12.5. The van der Waals surface area contributed by atoms with E-state index in [4.69, 9.17) is 15.9 Å². The normalized spacial score (nSPS) is 14.7. The Bertz CT molecular complexity index is 605. The van der Waals surface area contributed by atoms with Gasteiger partial charge in [-0.2, -0.15) is 0 Å². The number of nitrogen functional groups attached to an aromatic ring is 1. The molecular formula is C14H15N3O. The summed E-state index contributed by atoms with van der Waals surface area (Å²) >= 11 is 0. The Morgan fingerprint density at radius 3 is 2.89 bits per heavy atom. The molecule has 1 aromatic heterocycles. The molecule has 1 heterocycles. The topological polar surface area (TPSA) is 72.0 Å². The van der Waals surface area contributed by atoms with Crippen LogP contribution < -0.4 is 10.5 Å². The van der Waals surface area contributed by atoms with E-state index < -0.39 is 0 Å². The number of amidine groups is 1. The van der Waals surface area contributed by atoms with Gasteiger partial charge in [0.15, 0.2) is 0 Å². The molecule has 4 nitrogen and oxygen atoms in total. The molecule has 0 amide bonds. The van der Waals surface area contributed by atoms with Gasteiger partial charge in [0.25, 0.3) is 0 Å². The van der Waals surface area contributed by atoms with Crippen LogP contribution in [0.3, 0.4) is 0 Å². The highest BCUT2D eigenvalue weighted by molar-refractivity contribution is 6.06. The van der Waals surface area contributed by atoms with Crippen molar-refractivity contribution in [2.75, 3.05) is 6.61 Å². The molecule has 3 rings (SSSR count). The smallest absolute Gasteiger partial charge is 0.214 e. The maximum absolute atomic E-state index is 7.64. The number of fused-ring (bicyclic) bond motifs is 1. The molecule has 18 heavy (non-hydrogen) atoms. The van der Waals surface area contributed by atoms with Crippen LogP contribution in [0.25, 0.3) is 10.9 Å². The molecule has 0 aliphatic heterocycles. The maximum atomic E-state index is 7.64. The van der Waals surface area contributed by atoms with E-state index in [9.17, 15) is 0 Å². The monoisotopic (exact) mass is 241 g/mol. The van der Waals surface area contributed by atoms with E-state index in [-0.39, 0.29) is 5.84 Å². The van der Waals surface area contributed by atoms with E-state index in [2.05, 4.69) is 4.98 Å². The van der Waals surface area contributed by atoms with Crippen LogP contribution >= 0.6 is 0 Å². The molecule has 2 aromatic rings. The number of hydrogen-bond acceptors (Lipinski definition) is 3. The number of nitrogens with one attached hydrogen (secondary N) is 1. The third kappa shape index (κ3) is 2.14. The van der Waals surface area contributed by atoms with Crippen LogP contribution in [-0.4, -0.2) is 17.4 Å². The van der Waals surface area contributed by atoms with Crippen LogP contribution in [-0.2, 0) is 0 Å². The molecular weight excluding hydrogens is 226 g/mol. The van der Waals surface area contributed by atoms with Crippen LogP contribution in [0.1, 0.15) is 18.4 Å². The van der Waals surface area contributed by atoms with Gasteiger partial charge in [-0.3, -0.25) is 5.41 Å². The molecule has 92 valence electrons. The van der Waals surface area contributed by atoms with Crippen molar-refractivity contribution >= 4 is 16.7 Å². The molecule has 0 bridgehead atoms. The van der Waals surface area contributed by atoms with Gasteiger partial charge in [0.2, 0.25) is 5.88 Å². The minimum Gasteiger partial charge on any atom is -0.477 e. The fourth-order valence-corrected chi connectivity index (χ4v) is 1.94. The summed E-state index contributed by atoms with van der Waals surface area (Å²) < 4.78 is 5.67. The minimum absolute atomic E-state index is 0.0462. The highest BCUT2D eigenvalue weighted by Crippen LogP contribution is 2.30. The van der Waals surface area contributed by atoms with Gasteiger partial charge in [0, 0.05) is 17.0 Å². The molecule has 4 heteroatoms. The number of pyridine rings is 1. The summed E-state index contributed by atoms with van der Waals surface area (Å²) in [5.41, 5.74) is 7.12. The van der Waals surface area contributed by atoms with Crippen molar-refractivity contribution in [3.63, 3.8) is 0 Å². The summed E-state index contributed by atoms with van der Waals surface area (Å²) in [5.74, 6) is 1.29. The van der Waals surface area contributed by atoms with E-state index >= 15 is 0 Å². The standard InChI is InChI=1S/C14H15N3O/c15-14(16)11-7-13(18-8-9-5-6-9)17-12-4-2-1-3-10(11)12/h1-4,7,9H,5-6,8H2,(H3,15,16). The Kier molecular flexibility index (Phi) is 2.63. The summed E-state index contributed by atoms with van der Waals surface area (Å²) in [6.07, 6.45) is 2.49. The third-order valence-corrected chi connectivity index (χ3v) is 3.15. The van der Waals surface area contributed by atoms with Gasteiger partial charge in [-0.05, 0) is 24.8 Å². The first-order chi connectivity index (χ1) is 8.74. The number of para-hydroxylation sites is 1. The summed E-state index contributed by atoms with van der Waals surface area (Å²) in [6, 6.07) is 9.42. The largest absolute Gasteiger partial charge is 0.477 e. The predicted molar refractivity (Wildman–Crippen MR) is 71.0 cm³/mol. The summed E-state index contributed by atoms with van der Waals surface area (Å²) in [4.78, 5) is 4.44. The van der Waals surface area contributed by atoms with Crippen molar-refractivity contribution in [3.05, 3.63) is 35.9 Å². The average molecular weight is 241 g/mol. The average Bonchev–Trinajstić information content (AvgIpc) is 3.19. The molecule has 1 aliphatic carbocycles. The number of ether oxygens (including phenoxy) is 1. The molecule has 1 aromatic carbocycles. The lowest BCUT2D eigenvalue weighted by Crippen LogP contribution is -2.12. The van der Waals surface area contributed by atoms with Gasteiger partial charge in [0.1, 0.15) is 5.84 Å². The molecule has 0 unspecified atom stereocenters. The van der Waals surface area contributed by atoms with Crippen LogP contribution in [0.4, 0.5) is 0 Å². The second kappa shape index (κ2) is 4.29. The molecule has 1 fully saturated rings. The van der Waals surface area contributed by atoms with Gasteiger partial charge >= 0.3 is 0 Å². The first-order valence-electron chi connectivity index (χ1n) is 6.11. The number of aromatic nitrogens is 1. The van der Waals surface area contributed by atoms with Crippen LogP contribution in [0.2, 0.25) is 0 Å². The van der Waals surface area contributed by atoms with Gasteiger partial charge in [-0.25, -0.2) is 4.98 Å². The van der Waals surface area contributed by atoms with Crippen molar-refractivity contribution in [2.24, 2.45) is 11.7 Å². The third-order valence-electron chi connectivity index (χ3n) is 3.15. The second-order valence-corrected chi connectivity index (χ2v) is 4.69. The molecule has 3 N–H and O–H groups in total. The van der Waals surface area contributed by atoms with Gasteiger partial charge in [-0.1, -0.05) is 18.2 Å². The van der Waals surface area contributed by atoms with Crippen LogP contribution in [0.15, 0.2) is 30.3 Å². The lowest BCUT2D eigenvalue weighted by Gasteiger charge is -2.09. The fourth-order valence-electron chi connectivity index (χ4n) is 1.94. The second-order valence-electron chi connectivity index (χ2n) is 4.69. The molecule has 0 saturated heterocycles. The van der Waals surface area contributed by atoms with Gasteiger partial charge < -0.3 is 10.5 Å². The minimum atomic E-state index is 0.0462. The lowest BCUT2D eigenvalue weighted by molar-refractivity contribution is 0.289. The molecule has 0 atom stereocenters. The SMILES string of the molecule is N=C(N)c1cc(OCC2CC2)nc2ccccc12. The quantitative estimate of drug-likeness (QED) is 0.637. The number of hydrogen-bond donors (Lipinski definition) is 2. The number of nitrogens with zero attached hydrogens (tertiary/aromatic N) is 1. The first-order valence-corrected chi connectivity index (χ1v) is 6.11. The predicted octanol–water partition coefficient (Wildman–Crippen LogP) is 2.31. The Hall–Kier alpha value is -2.10. The highest BCUT2D eigenvalue weighted by Gasteiger charge is 2.22. The van der Waals surface area contributed by atoms with Crippen molar-refractivity contribution < 1.29 is 4.74 Å². The maximum Gasteiger partial charge on any atom is 0.214 e. The molecule has 1 saturated carbocycles. The van der Waals surface area contributed by atoms with Crippen molar-refractivity contribution in [2.45, 2.75) is 12.8 Å². The Morgan fingerprint density at radius 2 is 2.17 bits per heavy atom. The Balaban J connectivity index is 2.01. The molecule has 0 spiro atoms. The Morgan fingerprint density at radius 1 is 1.39 bits per heavy atom. The highest BCUT2D eigenvalue weighted by atomic mass is 16.5. The number of benzene rings is 1. The van der Waals surface area contributed by atoms with Gasteiger partial charge in [0.05, 0.1) is 12.1 Å². The van der Waals surface area contributed by atoms with E-state index in [1.54, 1.807) is 6.07 Å². The van der Waals surface area contributed by atoms with Crippen molar-refractivity contribution in [3.8, 4) is 5.88 Å². The number of rotatable bonds is 4. The van der Waals surface area contributed by atoms with Gasteiger partial charge in [-0.15, -0.1) is 0 Å². The fraction of sp³-hybridized carbons (Fsp3) is 0.286. The van der Waals surface area contributed by atoms with E-state index in [1.165, 1.54) is 12.8 Å². The summed E-state index contributed by atoms with van der Waals surface area (Å²) in [6.45, 7) is 0.711. The van der Waals surface area contributed by atoms with E-state index in [1.807, 2.05) is 24.3 Å². The van der Waals surface area contributed by atoms with Crippen molar-refractivity contribution in [1.82, 2.24) is 4.98 Å². The molecule has 0 radical (unpaired) electrons. The van der Waals surface area contributed by atoms with E-state index in [0.717, 1.165) is 10.9 Å². The lowest BCUT2D eigenvalue weighted by atomic mass is 10.1. The zero-order valence-corrected chi connectivity index (χ0v) is 10.0. The number of nitrogens with two attached hydrogens (primary N) is 1. The van der Waals surface area contributed by atoms with E-state index in [0.29, 0.717) is 24.0 Å². The molecule has 1 aliphatic rings. The summed E-state index contributed by atoms with van der Waals surface area (Å²) in [5, 5.41) is 8.53. The van der Waals surface area contributed by atoms with Crippen LogP contribution in [0, 0.1) is 11.3 Å².